The number of hydrogen-bond donors (Lipinski definition) is 3. The van der Waals surface area contributed by atoms with Crippen molar-refractivity contribution in [2.75, 3.05) is 54.0 Å². The number of ether oxygens (including phenoxy) is 6. The van der Waals surface area contributed by atoms with Gasteiger partial charge in [0.2, 0.25) is 18.6 Å². The van der Waals surface area contributed by atoms with Crippen LogP contribution in [0, 0.1) is 40.9 Å². The first-order valence-corrected chi connectivity index (χ1v) is 18.4. The highest BCUT2D eigenvalue weighted by Crippen LogP contribution is 2.39. The van der Waals surface area contributed by atoms with E-state index in [0.29, 0.717) is 56.9 Å². The van der Waals surface area contributed by atoms with E-state index < -0.39 is 48.2 Å². The van der Waals surface area contributed by atoms with Crippen molar-refractivity contribution in [3.8, 4) is 11.5 Å². The lowest BCUT2D eigenvalue weighted by molar-refractivity contribution is -0.154. The number of benzene rings is 1. The average molecular weight is 735 g/mol. The van der Waals surface area contributed by atoms with Gasteiger partial charge >= 0.3 is 12.1 Å². The van der Waals surface area contributed by atoms with Gasteiger partial charge in [-0.05, 0) is 87.4 Å². The number of carbonyl (C=O) groups is 4. The zero-order chi connectivity index (χ0) is 38.6. The summed E-state index contributed by atoms with van der Waals surface area (Å²) in [5, 5.41) is 2.91. The molecular formula is C38H62N4O10. The van der Waals surface area contributed by atoms with Crippen molar-refractivity contribution in [3.05, 3.63) is 23.8 Å². The highest BCUT2D eigenvalue weighted by molar-refractivity contribution is 5.83. The summed E-state index contributed by atoms with van der Waals surface area (Å²) in [5.41, 5.74) is 11.3. The monoisotopic (exact) mass is 734 g/mol. The van der Waals surface area contributed by atoms with Crippen LogP contribution < -0.4 is 26.3 Å². The fourth-order valence-corrected chi connectivity index (χ4v) is 6.41. The summed E-state index contributed by atoms with van der Waals surface area (Å²) in [5.74, 6) is -0.268. The molecule has 294 valence electrons. The number of nitrogens with two attached hydrogens (primary N) is 2. The Bertz CT molecular complexity index is 1340. The summed E-state index contributed by atoms with van der Waals surface area (Å²) in [4.78, 5) is 52.8. The first kappa shape index (κ1) is 42.8. The first-order valence-electron chi connectivity index (χ1n) is 18.4. The van der Waals surface area contributed by atoms with Gasteiger partial charge in [-0.15, -0.1) is 0 Å². The summed E-state index contributed by atoms with van der Waals surface area (Å²) in [6, 6.07) is 5.46. The predicted molar refractivity (Wildman–Crippen MR) is 194 cm³/mol. The Hall–Kier alpha value is -3.62. The molecule has 2 aliphatic rings. The molecule has 3 amide bonds. The highest BCUT2D eigenvalue weighted by Gasteiger charge is 2.45. The summed E-state index contributed by atoms with van der Waals surface area (Å²) >= 11 is 0. The average Bonchev–Trinajstić information content (AvgIpc) is 3.80. The second-order valence-electron chi connectivity index (χ2n) is 15.4. The minimum atomic E-state index is -0.918. The Labute approximate surface area is 308 Å². The van der Waals surface area contributed by atoms with Gasteiger partial charge in [-0.25, -0.2) is 4.79 Å². The number of carbonyl (C=O) groups excluding carboxylic acids is 4. The van der Waals surface area contributed by atoms with E-state index in [-0.39, 0.29) is 48.8 Å². The maximum Gasteiger partial charge on any atom is 0.414 e. The number of hydrogen-bond acceptors (Lipinski definition) is 11. The number of primary amides is 1. The molecular weight excluding hydrogens is 672 g/mol. The minimum Gasteiger partial charge on any atom is -0.493 e. The summed E-state index contributed by atoms with van der Waals surface area (Å²) < 4.78 is 33.7. The molecule has 1 heterocycles. The van der Waals surface area contributed by atoms with Crippen LogP contribution in [0.25, 0.3) is 0 Å². The minimum absolute atomic E-state index is 0.0477. The number of rotatable bonds is 22. The van der Waals surface area contributed by atoms with Crippen molar-refractivity contribution in [1.82, 2.24) is 10.2 Å². The third-order valence-electron chi connectivity index (χ3n) is 10.4. The van der Waals surface area contributed by atoms with Crippen LogP contribution in [0.5, 0.6) is 11.5 Å². The van der Waals surface area contributed by atoms with Gasteiger partial charge in [-0.1, -0.05) is 33.8 Å². The molecule has 1 aromatic carbocycles. The van der Waals surface area contributed by atoms with E-state index in [1.165, 1.54) is 4.90 Å². The van der Waals surface area contributed by atoms with Crippen LogP contribution in [-0.2, 0) is 39.8 Å². The van der Waals surface area contributed by atoms with Gasteiger partial charge in [-0.3, -0.25) is 19.3 Å². The van der Waals surface area contributed by atoms with Gasteiger partial charge in [0.15, 0.2) is 11.5 Å². The lowest BCUT2D eigenvalue weighted by Crippen LogP contribution is -2.47. The largest absolute Gasteiger partial charge is 0.493 e. The zero-order valence-corrected chi connectivity index (χ0v) is 32.3. The van der Waals surface area contributed by atoms with Gasteiger partial charge in [0.05, 0.1) is 37.2 Å². The number of nitrogens with one attached hydrogen (secondary N) is 1. The van der Waals surface area contributed by atoms with Crippen LogP contribution in [0.3, 0.4) is 0 Å². The lowest BCUT2D eigenvalue weighted by Gasteiger charge is -2.33. The molecule has 1 saturated heterocycles. The van der Waals surface area contributed by atoms with Crippen molar-refractivity contribution in [2.45, 2.75) is 85.8 Å². The summed E-state index contributed by atoms with van der Waals surface area (Å²) in [6.45, 7) is 12.6. The second kappa shape index (κ2) is 20.0. The molecule has 0 radical (unpaired) electrons. The van der Waals surface area contributed by atoms with Crippen LogP contribution in [0.15, 0.2) is 18.2 Å². The molecule has 1 aromatic rings. The third kappa shape index (κ3) is 12.2. The number of esters is 1. The Balaban J connectivity index is 1.81. The molecule has 6 atom stereocenters. The van der Waals surface area contributed by atoms with Crippen molar-refractivity contribution < 1.29 is 47.6 Å². The van der Waals surface area contributed by atoms with E-state index in [9.17, 15) is 19.2 Å². The summed E-state index contributed by atoms with van der Waals surface area (Å²) in [6.07, 6.45) is 1.81. The molecule has 0 spiro atoms. The van der Waals surface area contributed by atoms with E-state index in [1.54, 1.807) is 28.1 Å². The fourth-order valence-electron chi connectivity index (χ4n) is 6.41. The molecule has 1 aliphatic heterocycles. The maximum atomic E-state index is 13.5. The predicted octanol–water partition coefficient (Wildman–Crippen LogP) is 3.86. The van der Waals surface area contributed by atoms with E-state index >= 15 is 0 Å². The van der Waals surface area contributed by atoms with E-state index in [0.717, 1.165) is 12.0 Å². The molecule has 5 N–H and O–H groups in total. The zero-order valence-electron chi connectivity index (χ0n) is 32.3. The Morgan fingerprint density at radius 1 is 1.02 bits per heavy atom. The Morgan fingerprint density at radius 3 is 2.35 bits per heavy atom. The van der Waals surface area contributed by atoms with Gasteiger partial charge < -0.3 is 45.2 Å². The third-order valence-corrected chi connectivity index (χ3v) is 10.4. The molecule has 52 heavy (non-hydrogen) atoms. The second-order valence-corrected chi connectivity index (χ2v) is 15.4. The van der Waals surface area contributed by atoms with Gasteiger partial charge in [-0.2, -0.15) is 0 Å². The van der Waals surface area contributed by atoms with Crippen molar-refractivity contribution in [1.29, 1.82) is 0 Å². The molecule has 3 rings (SSSR count). The molecule has 14 nitrogen and oxygen atoms in total. The molecule has 0 aromatic heterocycles. The van der Waals surface area contributed by atoms with Crippen molar-refractivity contribution in [3.63, 3.8) is 0 Å². The summed E-state index contributed by atoms with van der Waals surface area (Å²) in [7, 11) is 3.26. The number of nitrogens with zero attached hydrogens (tertiary/aromatic N) is 1. The lowest BCUT2D eigenvalue weighted by atomic mass is 9.80. The number of amides is 3. The SMILES string of the molecule is COCCCOc1cc(C[C@@H](C[C@H]2[C@H](C[C@H](C(=O)NCC(C)(C)C(N)=O)C(C)C)OCN2C(=O)OCOC(=O)C2CC2CN)C(C)C)ccc1OC. The van der Waals surface area contributed by atoms with Gasteiger partial charge in [0, 0.05) is 32.6 Å². The molecule has 1 aliphatic carbocycles. The normalized spacial score (nSPS) is 21.1. The topological polar surface area (TPSA) is 191 Å². The van der Waals surface area contributed by atoms with Crippen molar-refractivity contribution >= 4 is 23.9 Å². The highest BCUT2D eigenvalue weighted by atomic mass is 16.7. The Morgan fingerprint density at radius 2 is 1.75 bits per heavy atom. The molecule has 0 bridgehead atoms. The van der Waals surface area contributed by atoms with E-state index in [4.69, 9.17) is 39.9 Å². The van der Waals surface area contributed by atoms with Crippen LogP contribution in [-0.4, -0.2) is 95.0 Å². The van der Waals surface area contributed by atoms with Gasteiger partial charge in [0.1, 0.15) is 6.73 Å². The fraction of sp³-hybridized carbons (Fsp3) is 0.737. The van der Waals surface area contributed by atoms with Gasteiger partial charge in [0.25, 0.3) is 0 Å². The molecule has 14 heteroatoms. The number of methoxy groups -OCH3 is 2. The first-order chi connectivity index (χ1) is 24.6. The standard InChI is InChI=1S/C38H62N4O10/c1-23(2)26(14-25-10-11-31(48-8)33(15-25)49-13-9-12-47-7)17-30-32(18-28(24(3)4)34(43)41-20-38(5,6)36(40)45)50-21-42(30)37(46)52-22-51-35(44)29-16-27(29)19-39/h10-11,15,23-24,26-30,32H,9,12-14,16-22,39H2,1-8H3,(H2,40,45)(H,41,43)/t26-,27?,28-,29?,30-,32-/m0/s1. The Kier molecular flexibility index (Phi) is 16.5. The molecule has 2 fully saturated rings. The van der Waals surface area contributed by atoms with Crippen LogP contribution in [0.1, 0.15) is 72.8 Å². The maximum absolute atomic E-state index is 13.5. The molecule has 2 unspecified atom stereocenters. The quantitative estimate of drug-likeness (QED) is 0.0891. The van der Waals surface area contributed by atoms with Crippen molar-refractivity contribution in [2.24, 2.45) is 52.4 Å². The van der Waals surface area contributed by atoms with E-state index in [1.807, 2.05) is 32.0 Å². The van der Waals surface area contributed by atoms with Crippen LogP contribution >= 0.6 is 0 Å². The van der Waals surface area contributed by atoms with Crippen LogP contribution in [0.4, 0.5) is 4.79 Å². The smallest absolute Gasteiger partial charge is 0.414 e. The van der Waals surface area contributed by atoms with Crippen LogP contribution in [0.2, 0.25) is 0 Å². The van der Waals surface area contributed by atoms with E-state index in [2.05, 4.69) is 19.2 Å². The molecule has 1 saturated carbocycles.